The van der Waals surface area contributed by atoms with Crippen LogP contribution in [-0.2, 0) is 16.0 Å². The second kappa shape index (κ2) is 14.1. The van der Waals surface area contributed by atoms with Crippen molar-refractivity contribution in [2.45, 2.75) is 39.0 Å². The van der Waals surface area contributed by atoms with Gasteiger partial charge in [-0.1, -0.05) is 6.07 Å². The van der Waals surface area contributed by atoms with E-state index in [-0.39, 0.29) is 68.8 Å². The van der Waals surface area contributed by atoms with E-state index < -0.39 is 18.4 Å². The summed E-state index contributed by atoms with van der Waals surface area (Å²) in [7, 11) is 4.54. The maximum absolute atomic E-state index is 13.3. The molecule has 0 fully saturated rings. The molecule has 0 amide bonds. The summed E-state index contributed by atoms with van der Waals surface area (Å²) in [4.78, 5) is 37.4. The molecule has 0 aliphatic heterocycles. The largest absolute Gasteiger partial charge is 0.507 e. The van der Waals surface area contributed by atoms with E-state index in [1.54, 1.807) is 18.2 Å². The summed E-state index contributed by atoms with van der Waals surface area (Å²) in [5.74, 6) is -1.07. The number of ether oxygens (including phenoxy) is 3. The standard InChI is InChI=1S/C29H36O9.H2O.2H2/c1-16(32)9-24(34)22(15-31)18(7-8-30)10-17-11-21-20(5-6-23(33)28(21)25(35)12-17)19-13-26(36-2)29(38-4)27(14-19)37-3;;;/h5-6,13-14,17-18,22,30-31,33H,7-12,15H2,1-4H3;1H2;2*1H. The monoisotopic (exact) mass is 550 g/mol. The molecule has 0 radical (unpaired) electrons. The van der Waals surface area contributed by atoms with Crippen molar-refractivity contribution in [1.29, 1.82) is 0 Å². The van der Waals surface area contributed by atoms with Gasteiger partial charge in [0.2, 0.25) is 5.75 Å². The van der Waals surface area contributed by atoms with E-state index >= 15 is 0 Å². The summed E-state index contributed by atoms with van der Waals surface area (Å²) in [6.45, 7) is 0.691. The molecule has 3 unspecified atom stereocenters. The average molecular weight is 551 g/mol. The summed E-state index contributed by atoms with van der Waals surface area (Å²) in [5, 5.41) is 30.2. The van der Waals surface area contributed by atoms with Crippen molar-refractivity contribution >= 4 is 17.3 Å². The maximum Gasteiger partial charge on any atom is 0.203 e. The van der Waals surface area contributed by atoms with Crippen LogP contribution in [0.2, 0.25) is 0 Å². The molecule has 0 aromatic heterocycles. The quantitative estimate of drug-likeness (QED) is 0.317. The fourth-order valence-corrected chi connectivity index (χ4v) is 5.52. The fourth-order valence-electron chi connectivity index (χ4n) is 5.52. The minimum Gasteiger partial charge on any atom is -0.507 e. The zero-order chi connectivity index (χ0) is 28.0. The highest BCUT2D eigenvalue weighted by molar-refractivity contribution is 6.03. The van der Waals surface area contributed by atoms with Crippen LogP contribution < -0.4 is 14.2 Å². The van der Waals surface area contributed by atoms with Gasteiger partial charge in [0, 0.05) is 21.8 Å². The first-order valence-electron chi connectivity index (χ1n) is 12.6. The second-order valence-corrected chi connectivity index (χ2v) is 9.74. The SMILES string of the molecule is COc1cc(-c2ccc(O)c3c2CC(CC(CCO)C(CO)C(=O)CC(C)=O)CC3=O)cc(OC)c1OC.O.[HH].[HH]. The van der Waals surface area contributed by atoms with Crippen molar-refractivity contribution in [3.8, 4) is 34.1 Å². The number of benzene rings is 2. The lowest BCUT2D eigenvalue weighted by molar-refractivity contribution is -0.131. The Balaban J connectivity index is 0.00000533. The van der Waals surface area contributed by atoms with Gasteiger partial charge in [-0.25, -0.2) is 0 Å². The van der Waals surface area contributed by atoms with Crippen LogP contribution >= 0.6 is 0 Å². The number of hydrogen-bond donors (Lipinski definition) is 3. The van der Waals surface area contributed by atoms with Gasteiger partial charge < -0.3 is 35.0 Å². The summed E-state index contributed by atoms with van der Waals surface area (Å²) >= 11 is 0. The Labute approximate surface area is 230 Å². The number of ketones is 3. The number of aliphatic hydroxyl groups excluding tert-OH is 2. The second-order valence-electron chi connectivity index (χ2n) is 9.74. The van der Waals surface area contributed by atoms with Crippen molar-refractivity contribution in [2.24, 2.45) is 17.8 Å². The number of phenolic OH excluding ortho intramolecular Hbond substituents is 1. The molecule has 10 heteroatoms. The lowest BCUT2D eigenvalue weighted by atomic mass is 9.72. The molecule has 0 bridgehead atoms. The van der Waals surface area contributed by atoms with Crippen LogP contribution in [0, 0.1) is 17.8 Å². The van der Waals surface area contributed by atoms with Gasteiger partial charge >= 0.3 is 0 Å². The van der Waals surface area contributed by atoms with E-state index in [0.29, 0.717) is 41.2 Å². The zero-order valence-corrected chi connectivity index (χ0v) is 22.8. The summed E-state index contributed by atoms with van der Waals surface area (Å²) < 4.78 is 16.4. The molecular formula is C29H42O10. The van der Waals surface area contributed by atoms with E-state index in [2.05, 4.69) is 0 Å². The molecule has 5 N–H and O–H groups in total. The molecule has 218 valence electrons. The van der Waals surface area contributed by atoms with Gasteiger partial charge in [0.1, 0.15) is 17.3 Å². The highest BCUT2D eigenvalue weighted by Crippen LogP contribution is 2.45. The molecule has 0 heterocycles. The third kappa shape index (κ3) is 6.95. The fraction of sp³-hybridized carbons (Fsp3) is 0.483. The molecular weight excluding hydrogens is 508 g/mol. The molecule has 10 nitrogen and oxygen atoms in total. The van der Waals surface area contributed by atoms with Crippen molar-refractivity contribution < 1.29 is 52.2 Å². The molecule has 3 rings (SSSR count). The predicted molar refractivity (Wildman–Crippen MR) is 148 cm³/mol. The number of phenols is 1. The number of carbonyl (C=O) groups excluding carboxylic acids is 3. The average Bonchev–Trinajstić information content (AvgIpc) is 2.87. The molecule has 3 atom stereocenters. The van der Waals surface area contributed by atoms with E-state index in [1.807, 2.05) is 0 Å². The third-order valence-electron chi connectivity index (χ3n) is 7.25. The molecule has 0 saturated carbocycles. The van der Waals surface area contributed by atoms with E-state index in [4.69, 9.17) is 14.2 Å². The van der Waals surface area contributed by atoms with Crippen LogP contribution in [0.1, 0.15) is 51.4 Å². The highest BCUT2D eigenvalue weighted by Gasteiger charge is 2.35. The Hall–Kier alpha value is -3.47. The molecule has 2 aromatic carbocycles. The first-order chi connectivity index (χ1) is 18.2. The van der Waals surface area contributed by atoms with Crippen LogP contribution in [-0.4, -0.2) is 72.7 Å². The number of Topliss-reactive ketones (excluding diaryl/α,β-unsaturated/α-hetero) is 3. The maximum atomic E-state index is 13.3. The van der Waals surface area contributed by atoms with Crippen LogP contribution in [0.15, 0.2) is 24.3 Å². The molecule has 0 spiro atoms. The molecule has 1 aliphatic carbocycles. The summed E-state index contributed by atoms with van der Waals surface area (Å²) in [6, 6.07) is 6.78. The molecule has 1 aliphatic rings. The van der Waals surface area contributed by atoms with Gasteiger partial charge in [0.15, 0.2) is 17.3 Å². The van der Waals surface area contributed by atoms with Crippen molar-refractivity contribution in [3.05, 3.63) is 35.4 Å². The number of hydrogen-bond acceptors (Lipinski definition) is 9. The lowest BCUT2D eigenvalue weighted by Gasteiger charge is -2.32. The van der Waals surface area contributed by atoms with E-state index in [0.717, 1.165) is 5.56 Å². The van der Waals surface area contributed by atoms with Crippen LogP contribution in [0.3, 0.4) is 0 Å². The molecule has 0 saturated heterocycles. The molecule has 39 heavy (non-hydrogen) atoms. The minimum absolute atomic E-state index is 0. The minimum atomic E-state index is -0.804. The van der Waals surface area contributed by atoms with E-state index in [1.165, 1.54) is 34.3 Å². The van der Waals surface area contributed by atoms with Gasteiger partial charge in [-0.2, -0.15) is 0 Å². The zero-order valence-electron chi connectivity index (χ0n) is 22.8. The van der Waals surface area contributed by atoms with Gasteiger partial charge in [0.05, 0.1) is 39.9 Å². The lowest BCUT2D eigenvalue weighted by Crippen LogP contribution is -2.32. The number of carbonyl (C=O) groups is 3. The number of methoxy groups -OCH3 is 3. The van der Waals surface area contributed by atoms with Crippen molar-refractivity contribution in [1.82, 2.24) is 0 Å². The Morgan fingerprint density at radius 3 is 2.21 bits per heavy atom. The number of aromatic hydroxyl groups is 1. The smallest absolute Gasteiger partial charge is 0.203 e. The number of rotatable bonds is 13. The highest BCUT2D eigenvalue weighted by atomic mass is 16.5. The number of aliphatic hydroxyl groups is 2. The third-order valence-corrected chi connectivity index (χ3v) is 7.25. The topological polar surface area (TPSA) is 171 Å². The molecule has 2 aromatic rings. The number of fused-ring (bicyclic) bond motifs is 1. The normalized spacial score (nSPS) is 15.9. The van der Waals surface area contributed by atoms with Crippen molar-refractivity contribution in [2.75, 3.05) is 34.5 Å². The van der Waals surface area contributed by atoms with Gasteiger partial charge in [-0.3, -0.25) is 14.4 Å². The first-order valence-corrected chi connectivity index (χ1v) is 12.6. The Bertz CT molecular complexity index is 1180. The summed E-state index contributed by atoms with van der Waals surface area (Å²) in [6.07, 6.45) is 0.957. The Kier molecular flexibility index (Phi) is 11.5. The van der Waals surface area contributed by atoms with Crippen LogP contribution in [0.5, 0.6) is 23.0 Å². The summed E-state index contributed by atoms with van der Waals surface area (Å²) in [5.41, 5.74) is 2.36. The van der Waals surface area contributed by atoms with E-state index in [9.17, 15) is 29.7 Å². The van der Waals surface area contributed by atoms with Crippen LogP contribution in [0.25, 0.3) is 11.1 Å². The van der Waals surface area contributed by atoms with Crippen molar-refractivity contribution in [3.63, 3.8) is 0 Å². The first kappa shape index (κ1) is 31.7. The van der Waals surface area contributed by atoms with Gasteiger partial charge in [0.25, 0.3) is 0 Å². The Morgan fingerprint density at radius 1 is 1.05 bits per heavy atom. The van der Waals surface area contributed by atoms with Crippen LogP contribution in [0.4, 0.5) is 0 Å². The predicted octanol–water partition coefficient (Wildman–Crippen LogP) is 3.04. The van der Waals surface area contributed by atoms with Gasteiger partial charge in [-0.15, -0.1) is 0 Å². The van der Waals surface area contributed by atoms with Gasteiger partial charge in [-0.05, 0) is 72.9 Å². The Morgan fingerprint density at radius 2 is 1.69 bits per heavy atom.